The van der Waals surface area contributed by atoms with Crippen LogP contribution < -0.4 is 0 Å². The van der Waals surface area contributed by atoms with E-state index >= 15 is 0 Å². The Kier molecular flexibility index (Phi) is 1.53. The Morgan fingerprint density at radius 3 is 1.15 bits per heavy atom. The molecule has 16 atom stereocenters. The molecule has 7 rings (SSSR count). The van der Waals surface area contributed by atoms with Crippen LogP contribution in [0.2, 0.25) is 0 Å². The molecule has 0 nitrogen and oxygen atoms in total. The summed E-state index contributed by atoms with van der Waals surface area (Å²) >= 11 is 4.91. The second kappa shape index (κ2) is 2.79. The summed E-state index contributed by atoms with van der Waals surface area (Å²) in [7, 11) is 0. The van der Waals surface area contributed by atoms with Gasteiger partial charge in [0.25, 0.3) is 0 Å². The minimum absolute atomic E-state index is 0.772. The summed E-state index contributed by atoms with van der Waals surface area (Å²) in [4.78, 5) is 0. The van der Waals surface area contributed by atoms with E-state index in [0.717, 1.165) is 40.8 Å². The molecule has 0 spiro atoms. The number of hydrogen-bond acceptors (Lipinski definition) is 1. The Morgan fingerprint density at radius 2 is 0.700 bits per heavy atom. The van der Waals surface area contributed by atoms with E-state index in [0.29, 0.717) is 0 Å². The van der Waals surface area contributed by atoms with E-state index in [1.807, 2.05) is 0 Å². The molecule has 7 aliphatic carbocycles. The fraction of sp³-hybridized carbons (Fsp3) is 1.00. The first kappa shape index (κ1) is 11.0. The lowest BCUT2D eigenvalue weighted by Gasteiger charge is -2.93. The Hall–Kier alpha value is 0.350. The molecule has 0 aromatic rings. The SMILES string of the molecule is CC1C(C)C2C1C1C2C2C1C1C3C4C(C)C(S)C4C3C21. The smallest absolute Gasteiger partial charge is 0.00792 e. The van der Waals surface area contributed by atoms with Gasteiger partial charge in [0.05, 0.1) is 0 Å². The van der Waals surface area contributed by atoms with E-state index in [2.05, 4.69) is 20.8 Å². The molecule has 7 aliphatic rings. The fourth-order valence-electron chi connectivity index (χ4n) is 10.0. The molecule has 7 saturated carbocycles. The van der Waals surface area contributed by atoms with Crippen LogP contribution in [0.15, 0.2) is 0 Å². The van der Waals surface area contributed by atoms with Crippen molar-refractivity contribution in [2.75, 3.05) is 0 Å². The lowest BCUT2D eigenvalue weighted by Crippen LogP contribution is -2.90. The van der Waals surface area contributed by atoms with E-state index in [1.165, 1.54) is 53.3 Å². The molecule has 108 valence electrons. The van der Waals surface area contributed by atoms with Gasteiger partial charge in [-0.15, -0.1) is 0 Å². The van der Waals surface area contributed by atoms with Crippen LogP contribution in [0, 0.1) is 88.8 Å². The van der Waals surface area contributed by atoms with Gasteiger partial charge in [-0.3, -0.25) is 0 Å². The van der Waals surface area contributed by atoms with E-state index in [4.69, 9.17) is 12.6 Å². The summed E-state index contributed by atoms with van der Waals surface area (Å²) in [5.74, 6) is 17.3. The van der Waals surface area contributed by atoms with Gasteiger partial charge in [-0.1, -0.05) is 20.8 Å². The summed E-state index contributed by atoms with van der Waals surface area (Å²) in [6.45, 7) is 7.58. The van der Waals surface area contributed by atoms with Crippen LogP contribution in [0.3, 0.4) is 0 Å². The van der Waals surface area contributed by atoms with E-state index in [-0.39, 0.29) is 0 Å². The summed E-state index contributed by atoms with van der Waals surface area (Å²) < 4.78 is 0. The minimum atomic E-state index is 0.772. The predicted octanol–water partition coefficient (Wildman–Crippen LogP) is 3.68. The van der Waals surface area contributed by atoms with Crippen LogP contribution in [0.5, 0.6) is 0 Å². The zero-order chi connectivity index (χ0) is 13.2. The Morgan fingerprint density at radius 1 is 0.400 bits per heavy atom. The molecule has 0 N–H and O–H groups in total. The lowest BCUT2D eigenvalue weighted by molar-refractivity contribution is -0.459. The van der Waals surface area contributed by atoms with Crippen molar-refractivity contribution < 1.29 is 0 Å². The molecule has 0 radical (unpaired) electrons. The molecule has 0 aromatic heterocycles. The molecule has 0 bridgehead atoms. The van der Waals surface area contributed by atoms with Crippen LogP contribution in [-0.2, 0) is 0 Å². The van der Waals surface area contributed by atoms with Crippen LogP contribution in [0.4, 0.5) is 0 Å². The van der Waals surface area contributed by atoms with Gasteiger partial charge >= 0.3 is 0 Å². The number of hydrogen-bond donors (Lipinski definition) is 1. The van der Waals surface area contributed by atoms with Crippen LogP contribution in [0.1, 0.15) is 20.8 Å². The average molecular weight is 286 g/mol. The van der Waals surface area contributed by atoms with Crippen molar-refractivity contribution in [2.45, 2.75) is 26.0 Å². The third-order valence-electron chi connectivity index (χ3n) is 10.7. The molecule has 1 heteroatoms. The summed E-state index contributed by atoms with van der Waals surface area (Å²) in [6.07, 6.45) is 0. The number of fused-ring (bicyclic) bond motifs is 16. The standard InChI is InChI=1S/C19H26S/c1-4-5(2)8-7(4)10-11(8)14-13(10)15-12-9-6(3)19(20)18(9)17(12)16(14)15/h4-20H,1-3H3. The molecule has 16 unspecified atom stereocenters. The maximum Gasteiger partial charge on any atom is 0.00792 e. The Balaban J connectivity index is 1.19. The molecule has 0 heterocycles. The quantitative estimate of drug-likeness (QED) is 0.510. The number of thiol groups is 1. The first-order chi connectivity index (χ1) is 9.64. The highest BCUT2D eigenvalue weighted by atomic mass is 32.1. The van der Waals surface area contributed by atoms with Gasteiger partial charge in [0.2, 0.25) is 0 Å². The molecule has 20 heavy (non-hydrogen) atoms. The van der Waals surface area contributed by atoms with Crippen molar-refractivity contribution in [2.24, 2.45) is 88.8 Å². The molecule has 0 aromatic carbocycles. The normalized spacial score (nSPS) is 87.0. The summed E-state index contributed by atoms with van der Waals surface area (Å²) in [5.41, 5.74) is 0. The molecule has 7 fully saturated rings. The summed E-state index contributed by atoms with van der Waals surface area (Å²) in [5, 5.41) is 0.772. The first-order valence-corrected chi connectivity index (χ1v) is 9.84. The van der Waals surface area contributed by atoms with Gasteiger partial charge in [0.1, 0.15) is 0 Å². The average Bonchev–Trinajstić information content (AvgIpc) is 2.40. The van der Waals surface area contributed by atoms with Crippen LogP contribution in [0.25, 0.3) is 0 Å². The van der Waals surface area contributed by atoms with Crippen molar-refractivity contribution in [3.05, 3.63) is 0 Å². The largest absolute Gasteiger partial charge is 0.175 e. The Labute approximate surface area is 127 Å². The van der Waals surface area contributed by atoms with Gasteiger partial charge in [0, 0.05) is 5.25 Å². The van der Waals surface area contributed by atoms with Crippen molar-refractivity contribution in [3.8, 4) is 0 Å². The molecular formula is C19H26S. The Bertz CT molecular complexity index is 438. The predicted molar refractivity (Wildman–Crippen MR) is 82.1 cm³/mol. The van der Waals surface area contributed by atoms with Crippen molar-refractivity contribution in [1.29, 1.82) is 0 Å². The fourth-order valence-corrected chi connectivity index (χ4v) is 10.6. The molecule has 0 aliphatic heterocycles. The number of rotatable bonds is 0. The van der Waals surface area contributed by atoms with Gasteiger partial charge in [-0.2, -0.15) is 12.6 Å². The third kappa shape index (κ3) is 0.708. The third-order valence-corrected chi connectivity index (χ3v) is 11.5. The van der Waals surface area contributed by atoms with Crippen molar-refractivity contribution in [3.63, 3.8) is 0 Å². The van der Waals surface area contributed by atoms with Gasteiger partial charge in [-0.25, -0.2) is 0 Å². The second-order valence-corrected chi connectivity index (χ2v) is 10.6. The minimum Gasteiger partial charge on any atom is -0.175 e. The van der Waals surface area contributed by atoms with Crippen molar-refractivity contribution in [1.82, 2.24) is 0 Å². The van der Waals surface area contributed by atoms with Gasteiger partial charge in [-0.05, 0) is 88.8 Å². The first-order valence-electron chi connectivity index (χ1n) is 9.32. The topological polar surface area (TPSA) is 0 Å². The maximum absolute atomic E-state index is 4.91. The zero-order valence-corrected chi connectivity index (χ0v) is 13.6. The highest BCUT2D eigenvalue weighted by molar-refractivity contribution is 7.81. The van der Waals surface area contributed by atoms with Crippen LogP contribution in [-0.4, -0.2) is 5.25 Å². The molecular weight excluding hydrogens is 260 g/mol. The van der Waals surface area contributed by atoms with E-state index in [1.54, 1.807) is 0 Å². The zero-order valence-electron chi connectivity index (χ0n) is 12.7. The second-order valence-electron chi connectivity index (χ2n) is 10.00. The highest BCUT2D eigenvalue weighted by Crippen LogP contribution is 2.91. The van der Waals surface area contributed by atoms with Gasteiger partial charge < -0.3 is 0 Å². The van der Waals surface area contributed by atoms with Gasteiger partial charge in [0.15, 0.2) is 0 Å². The highest BCUT2D eigenvalue weighted by Gasteiger charge is 2.88. The molecule has 0 amide bonds. The molecule has 0 saturated heterocycles. The van der Waals surface area contributed by atoms with Crippen LogP contribution >= 0.6 is 12.6 Å². The summed E-state index contributed by atoms with van der Waals surface area (Å²) in [6, 6.07) is 0. The van der Waals surface area contributed by atoms with E-state index < -0.39 is 0 Å². The monoisotopic (exact) mass is 286 g/mol. The van der Waals surface area contributed by atoms with Crippen molar-refractivity contribution >= 4 is 12.6 Å². The lowest BCUT2D eigenvalue weighted by atomic mass is 9.12. The maximum atomic E-state index is 4.91. The van der Waals surface area contributed by atoms with E-state index in [9.17, 15) is 0 Å².